The number of esters is 1. The van der Waals surface area contributed by atoms with Crippen LogP contribution in [0.15, 0.2) is 5.18 Å². The summed E-state index contributed by atoms with van der Waals surface area (Å²) in [5.74, 6) is 0.0257. The maximum absolute atomic E-state index is 11.1. The zero-order valence-corrected chi connectivity index (χ0v) is 11.6. The van der Waals surface area contributed by atoms with Gasteiger partial charge in [0.15, 0.2) is 0 Å². The van der Waals surface area contributed by atoms with Gasteiger partial charge in [-0.25, -0.2) is 0 Å². The quantitative estimate of drug-likeness (QED) is 0.276. The van der Waals surface area contributed by atoms with E-state index in [1.807, 2.05) is 0 Å². The zero-order valence-electron chi connectivity index (χ0n) is 10.7. The highest BCUT2D eigenvalue weighted by Crippen LogP contribution is 2.27. The molecule has 1 atom stereocenters. The Morgan fingerprint density at radius 1 is 1.56 bits per heavy atom. The molecule has 0 spiro atoms. The maximum Gasteiger partial charge on any atom is 0.306 e. The number of hydrogen-bond acceptors (Lipinski definition) is 7. The van der Waals surface area contributed by atoms with Gasteiger partial charge in [0, 0.05) is 24.5 Å². The molecule has 0 N–H and O–H groups in total. The minimum atomic E-state index is -1.26. The Hall–Kier alpha value is -1.18. The van der Waals surface area contributed by atoms with Crippen LogP contribution in [0.25, 0.3) is 0 Å². The topological polar surface area (TPSA) is 98.9 Å². The molecule has 0 aliphatic heterocycles. The smallest absolute Gasteiger partial charge is 0.306 e. The van der Waals surface area contributed by atoms with Crippen LogP contribution in [0.1, 0.15) is 27.2 Å². The SMILES string of the molecule is CCOC(=O)CCSC(CN=O)C(C)(C)[N+](=O)[O-]. The molecule has 0 heterocycles. The van der Waals surface area contributed by atoms with Gasteiger partial charge < -0.3 is 4.74 Å². The summed E-state index contributed by atoms with van der Waals surface area (Å²) in [5.41, 5.74) is -1.26. The molecule has 0 radical (unpaired) electrons. The molecular formula is C10H18N2O5S. The molecule has 0 aliphatic rings. The summed E-state index contributed by atoms with van der Waals surface area (Å²) < 4.78 is 4.75. The van der Waals surface area contributed by atoms with Crippen LogP contribution in [-0.4, -0.2) is 40.6 Å². The Morgan fingerprint density at radius 2 is 2.17 bits per heavy atom. The van der Waals surface area contributed by atoms with Gasteiger partial charge in [0.25, 0.3) is 0 Å². The molecule has 0 saturated heterocycles. The lowest BCUT2D eigenvalue weighted by molar-refractivity contribution is -0.559. The number of rotatable bonds is 9. The van der Waals surface area contributed by atoms with E-state index in [0.29, 0.717) is 12.4 Å². The Kier molecular flexibility index (Phi) is 7.49. The molecule has 0 aromatic carbocycles. The van der Waals surface area contributed by atoms with Crippen molar-refractivity contribution in [2.45, 2.75) is 38.0 Å². The van der Waals surface area contributed by atoms with E-state index in [4.69, 9.17) is 4.74 Å². The van der Waals surface area contributed by atoms with Crippen molar-refractivity contribution in [2.24, 2.45) is 5.18 Å². The lowest BCUT2D eigenvalue weighted by Gasteiger charge is -2.23. The Labute approximate surface area is 110 Å². The molecule has 8 heteroatoms. The first-order valence-electron chi connectivity index (χ1n) is 5.57. The van der Waals surface area contributed by atoms with E-state index in [1.165, 1.54) is 25.6 Å². The van der Waals surface area contributed by atoms with E-state index in [-0.39, 0.29) is 18.9 Å². The van der Waals surface area contributed by atoms with Crippen LogP contribution in [0, 0.1) is 15.0 Å². The van der Waals surface area contributed by atoms with E-state index < -0.39 is 15.7 Å². The summed E-state index contributed by atoms with van der Waals surface area (Å²) >= 11 is 1.20. The van der Waals surface area contributed by atoms with Gasteiger partial charge in [-0.15, -0.1) is 11.8 Å². The third-order valence-electron chi connectivity index (χ3n) is 2.43. The van der Waals surface area contributed by atoms with Crippen LogP contribution < -0.4 is 0 Å². The van der Waals surface area contributed by atoms with Crippen molar-refractivity contribution in [2.75, 3.05) is 18.9 Å². The third-order valence-corrected chi connectivity index (χ3v) is 4.00. The number of nitroso groups, excluding NO2 is 1. The van der Waals surface area contributed by atoms with Gasteiger partial charge >= 0.3 is 5.97 Å². The fraction of sp³-hybridized carbons (Fsp3) is 0.900. The van der Waals surface area contributed by atoms with E-state index >= 15 is 0 Å². The Bertz CT molecular complexity index is 309. The highest BCUT2D eigenvalue weighted by Gasteiger charge is 2.41. The molecule has 104 valence electrons. The summed E-state index contributed by atoms with van der Waals surface area (Å²) in [6.07, 6.45) is 0.168. The van der Waals surface area contributed by atoms with Crippen molar-refractivity contribution >= 4 is 17.7 Å². The van der Waals surface area contributed by atoms with Crippen molar-refractivity contribution in [1.82, 2.24) is 0 Å². The molecule has 0 aromatic heterocycles. The van der Waals surface area contributed by atoms with Crippen LogP contribution in [0.5, 0.6) is 0 Å². The predicted octanol–water partition coefficient (Wildman–Crippen LogP) is 1.86. The third kappa shape index (κ3) is 5.44. The molecule has 1 unspecified atom stereocenters. The second-order valence-electron chi connectivity index (χ2n) is 4.14. The average Bonchev–Trinajstić information content (AvgIpc) is 2.28. The van der Waals surface area contributed by atoms with Gasteiger partial charge in [0.2, 0.25) is 5.54 Å². The van der Waals surface area contributed by atoms with Gasteiger partial charge in [0.05, 0.1) is 24.8 Å². The van der Waals surface area contributed by atoms with Gasteiger partial charge in [-0.3, -0.25) is 14.9 Å². The molecule has 0 rings (SSSR count). The molecule has 0 aliphatic carbocycles. The van der Waals surface area contributed by atoms with Gasteiger partial charge in [-0.1, -0.05) is 5.18 Å². The molecule has 0 fully saturated rings. The number of carbonyl (C=O) groups is 1. The van der Waals surface area contributed by atoms with Gasteiger partial charge in [0.1, 0.15) is 0 Å². The Balaban J connectivity index is 4.33. The summed E-state index contributed by atoms with van der Waals surface area (Å²) in [7, 11) is 0. The van der Waals surface area contributed by atoms with Crippen molar-refractivity contribution in [1.29, 1.82) is 0 Å². The number of ether oxygens (including phenoxy) is 1. The van der Waals surface area contributed by atoms with Gasteiger partial charge in [-0.2, -0.15) is 4.91 Å². The average molecular weight is 278 g/mol. The highest BCUT2D eigenvalue weighted by atomic mass is 32.2. The second kappa shape index (κ2) is 8.02. The first-order chi connectivity index (χ1) is 8.36. The van der Waals surface area contributed by atoms with E-state index in [0.717, 1.165) is 0 Å². The Morgan fingerprint density at radius 3 is 2.61 bits per heavy atom. The largest absolute Gasteiger partial charge is 0.466 e. The summed E-state index contributed by atoms with van der Waals surface area (Å²) in [6.45, 7) is 4.76. The number of thioether (sulfide) groups is 1. The fourth-order valence-corrected chi connectivity index (χ4v) is 2.41. The van der Waals surface area contributed by atoms with Crippen LogP contribution in [0.4, 0.5) is 0 Å². The maximum atomic E-state index is 11.1. The number of nitro groups is 1. The van der Waals surface area contributed by atoms with Crippen molar-refractivity contribution < 1.29 is 14.5 Å². The number of hydrogen-bond donors (Lipinski definition) is 0. The molecule has 7 nitrogen and oxygen atoms in total. The minimum Gasteiger partial charge on any atom is -0.466 e. The predicted molar refractivity (Wildman–Crippen MR) is 69.2 cm³/mol. The van der Waals surface area contributed by atoms with Crippen LogP contribution in [0.2, 0.25) is 0 Å². The lowest BCUT2D eigenvalue weighted by Crippen LogP contribution is -2.43. The standard InChI is InChI=1S/C10H18N2O5S/c1-4-17-9(13)5-6-18-8(7-11-14)10(2,3)12(15)16/h8H,4-7H2,1-3H3. The second-order valence-corrected chi connectivity index (χ2v) is 5.45. The molecule has 0 bridgehead atoms. The number of nitrogens with zero attached hydrogens (tertiary/aromatic N) is 2. The molecule has 0 saturated carbocycles. The van der Waals surface area contributed by atoms with Crippen molar-refractivity contribution in [3.05, 3.63) is 15.0 Å². The van der Waals surface area contributed by atoms with E-state index in [9.17, 15) is 19.8 Å². The molecule has 18 heavy (non-hydrogen) atoms. The van der Waals surface area contributed by atoms with Gasteiger partial charge in [-0.05, 0) is 6.92 Å². The highest BCUT2D eigenvalue weighted by molar-refractivity contribution is 8.00. The summed E-state index contributed by atoms with van der Waals surface area (Å²) in [4.78, 5) is 31.9. The number of carbonyl (C=O) groups excluding carboxylic acids is 1. The molecule has 0 amide bonds. The summed E-state index contributed by atoms with van der Waals surface area (Å²) in [5, 5.41) is 13.1. The van der Waals surface area contributed by atoms with E-state index in [1.54, 1.807) is 6.92 Å². The first-order valence-corrected chi connectivity index (χ1v) is 6.62. The lowest BCUT2D eigenvalue weighted by atomic mass is 10.0. The van der Waals surface area contributed by atoms with Crippen LogP contribution in [0.3, 0.4) is 0 Å². The van der Waals surface area contributed by atoms with Crippen molar-refractivity contribution in [3.63, 3.8) is 0 Å². The first kappa shape index (κ1) is 16.8. The monoisotopic (exact) mass is 278 g/mol. The fourth-order valence-electron chi connectivity index (χ4n) is 1.18. The zero-order chi connectivity index (χ0) is 14.2. The molecule has 0 aromatic rings. The minimum absolute atomic E-state index is 0.151. The van der Waals surface area contributed by atoms with Crippen LogP contribution >= 0.6 is 11.8 Å². The summed E-state index contributed by atoms with van der Waals surface area (Å²) in [6, 6.07) is 0. The molecular weight excluding hydrogens is 260 g/mol. The van der Waals surface area contributed by atoms with E-state index in [2.05, 4.69) is 5.18 Å². The van der Waals surface area contributed by atoms with Crippen molar-refractivity contribution in [3.8, 4) is 0 Å². The van der Waals surface area contributed by atoms with Crippen LogP contribution in [-0.2, 0) is 9.53 Å². The normalized spacial score (nSPS) is 12.8.